The number of hydrogen-bond donors (Lipinski definition) is 0. The van der Waals surface area contributed by atoms with E-state index in [0.29, 0.717) is 17.4 Å². The van der Waals surface area contributed by atoms with Crippen molar-refractivity contribution < 1.29 is 14.1 Å². The van der Waals surface area contributed by atoms with Gasteiger partial charge in [0.05, 0.1) is 17.4 Å². The van der Waals surface area contributed by atoms with Gasteiger partial charge in [0.2, 0.25) is 5.89 Å². The van der Waals surface area contributed by atoms with Gasteiger partial charge in [0.25, 0.3) is 5.91 Å². The third kappa shape index (κ3) is 3.63. The molecule has 1 unspecified atom stereocenters. The van der Waals surface area contributed by atoms with Crippen molar-refractivity contribution >= 4 is 5.91 Å². The number of aryl methyl sites for hydroxylation is 2. The lowest BCUT2D eigenvalue weighted by molar-refractivity contribution is -0.123. The van der Waals surface area contributed by atoms with Crippen LogP contribution in [0.2, 0.25) is 0 Å². The molecule has 4 rings (SSSR count). The maximum Gasteiger partial charge on any atom is 0.257 e. The zero-order valence-electron chi connectivity index (χ0n) is 16.3. The average molecular weight is 373 g/mol. The summed E-state index contributed by atoms with van der Waals surface area (Å²) < 4.78 is 13.1. The lowest BCUT2D eigenvalue weighted by Crippen LogP contribution is -2.51. The van der Waals surface area contributed by atoms with Crippen LogP contribution in [0, 0.1) is 19.8 Å². The van der Waals surface area contributed by atoms with E-state index < -0.39 is 0 Å². The van der Waals surface area contributed by atoms with E-state index in [1.54, 1.807) is 10.9 Å². The molecule has 2 aromatic heterocycles. The quantitative estimate of drug-likeness (QED) is 0.819. The molecule has 2 aliphatic heterocycles. The third-order valence-electron chi connectivity index (χ3n) is 6.06. The predicted octanol–water partition coefficient (Wildman–Crippen LogP) is 2.06. The number of ether oxygens (including phenoxy) is 1. The molecule has 1 atom stereocenters. The minimum atomic E-state index is -0.123. The highest BCUT2D eigenvalue weighted by Crippen LogP contribution is 2.38. The molecule has 0 N–H and O–H groups in total. The minimum Gasteiger partial charge on any atom is -0.375 e. The van der Waals surface area contributed by atoms with Crippen molar-refractivity contribution in [3.63, 3.8) is 0 Å². The van der Waals surface area contributed by atoms with E-state index in [9.17, 15) is 4.79 Å². The molecule has 8 heteroatoms. The second kappa shape index (κ2) is 7.07. The summed E-state index contributed by atoms with van der Waals surface area (Å²) in [5.74, 6) is 1.97. The molecule has 2 aliphatic rings. The monoisotopic (exact) mass is 373 g/mol. The molecule has 1 amide bonds. The summed E-state index contributed by atoms with van der Waals surface area (Å²) in [6.45, 7) is 5.96. The first-order valence-electron chi connectivity index (χ1n) is 9.67. The van der Waals surface area contributed by atoms with E-state index in [2.05, 4.69) is 15.2 Å². The summed E-state index contributed by atoms with van der Waals surface area (Å²) in [4.78, 5) is 19.1. The third-order valence-corrected chi connectivity index (χ3v) is 6.06. The van der Waals surface area contributed by atoms with Crippen LogP contribution >= 0.6 is 0 Å². The molecule has 2 saturated heterocycles. The Kier molecular flexibility index (Phi) is 4.75. The minimum absolute atomic E-state index is 0.0741. The molecule has 146 valence electrons. The normalized spacial score (nSPS) is 22.3. The molecule has 0 aliphatic carbocycles. The first kappa shape index (κ1) is 18.2. The predicted molar refractivity (Wildman–Crippen MR) is 97.2 cm³/mol. The van der Waals surface area contributed by atoms with E-state index in [1.165, 1.54) is 0 Å². The maximum atomic E-state index is 12.8. The van der Waals surface area contributed by atoms with Crippen LogP contribution < -0.4 is 0 Å². The maximum absolute atomic E-state index is 12.8. The van der Waals surface area contributed by atoms with E-state index in [1.807, 2.05) is 25.8 Å². The van der Waals surface area contributed by atoms with Gasteiger partial charge in [-0.3, -0.25) is 9.48 Å². The molecule has 2 fully saturated rings. The smallest absolute Gasteiger partial charge is 0.257 e. The first-order valence-corrected chi connectivity index (χ1v) is 9.67. The van der Waals surface area contributed by atoms with Gasteiger partial charge in [-0.05, 0) is 38.5 Å². The van der Waals surface area contributed by atoms with Crippen LogP contribution in [0.1, 0.15) is 53.5 Å². The van der Waals surface area contributed by atoms with Gasteiger partial charge in [-0.1, -0.05) is 5.16 Å². The summed E-state index contributed by atoms with van der Waals surface area (Å²) >= 11 is 0. The second-order valence-electron chi connectivity index (χ2n) is 7.88. The van der Waals surface area contributed by atoms with Crippen molar-refractivity contribution in [2.24, 2.45) is 13.0 Å². The first-order chi connectivity index (χ1) is 13.0. The summed E-state index contributed by atoms with van der Waals surface area (Å²) in [6, 6.07) is 0. The van der Waals surface area contributed by atoms with Gasteiger partial charge in [0, 0.05) is 45.8 Å². The van der Waals surface area contributed by atoms with Crippen molar-refractivity contribution in [1.82, 2.24) is 24.8 Å². The Balaban J connectivity index is 1.37. The Morgan fingerprint density at radius 2 is 2.11 bits per heavy atom. The summed E-state index contributed by atoms with van der Waals surface area (Å²) in [5.41, 5.74) is 1.48. The Morgan fingerprint density at radius 3 is 2.74 bits per heavy atom. The number of rotatable bonds is 3. The van der Waals surface area contributed by atoms with Crippen molar-refractivity contribution in [3.05, 3.63) is 29.2 Å². The standard InChI is InChI=1S/C19H27N5O3/c1-13-16(12-20-23(13)3)18(25)24-7-5-19(6-8-24)11-15(4-9-26-19)10-17-21-14(2)27-22-17/h12,15H,4-11H2,1-3H3. The van der Waals surface area contributed by atoms with Crippen molar-refractivity contribution in [3.8, 4) is 0 Å². The zero-order chi connectivity index (χ0) is 19.0. The summed E-state index contributed by atoms with van der Waals surface area (Å²) in [5, 5.41) is 8.23. The van der Waals surface area contributed by atoms with Crippen molar-refractivity contribution in [2.75, 3.05) is 19.7 Å². The highest BCUT2D eigenvalue weighted by molar-refractivity contribution is 5.95. The Morgan fingerprint density at radius 1 is 1.33 bits per heavy atom. The average Bonchev–Trinajstić information content (AvgIpc) is 3.21. The topological polar surface area (TPSA) is 86.3 Å². The number of hydrogen-bond acceptors (Lipinski definition) is 6. The highest BCUT2D eigenvalue weighted by atomic mass is 16.5. The van der Waals surface area contributed by atoms with Crippen molar-refractivity contribution in [2.45, 2.75) is 51.6 Å². The lowest BCUT2D eigenvalue weighted by Gasteiger charge is -2.46. The van der Waals surface area contributed by atoms with Crippen LogP contribution in [0.4, 0.5) is 0 Å². The van der Waals surface area contributed by atoms with Crippen LogP contribution in [0.15, 0.2) is 10.7 Å². The molecular weight excluding hydrogens is 346 g/mol. The van der Waals surface area contributed by atoms with Crippen LogP contribution in [0.25, 0.3) is 0 Å². The fourth-order valence-corrected chi connectivity index (χ4v) is 4.33. The van der Waals surface area contributed by atoms with Gasteiger partial charge >= 0.3 is 0 Å². The Labute approximate surface area is 158 Å². The van der Waals surface area contributed by atoms with E-state index in [4.69, 9.17) is 9.26 Å². The van der Waals surface area contributed by atoms with E-state index >= 15 is 0 Å². The van der Waals surface area contributed by atoms with E-state index in [-0.39, 0.29) is 11.5 Å². The lowest BCUT2D eigenvalue weighted by atomic mass is 9.78. The molecule has 0 aromatic carbocycles. The molecule has 2 aromatic rings. The van der Waals surface area contributed by atoms with Gasteiger partial charge in [-0.2, -0.15) is 10.1 Å². The van der Waals surface area contributed by atoms with Gasteiger partial charge in [-0.15, -0.1) is 0 Å². The number of nitrogens with zero attached hydrogens (tertiary/aromatic N) is 5. The van der Waals surface area contributed by atoms with Gasteiger partial charge < -0.3 is 14.2 Å². The van der Waals surface area contributed by atoms with Crippen LogP contribution in [0.3, 0.4) is 0 Å². The molecule has 0 radical (unpaired) electrons. The SMILES string of the molecule is Cc1nc(CC2CCOC3(CCN(C(=O)c4cnn(C)c4C)CC3)C2)no1. The Bertz CT molecular complexity index is 819. The van der Waals surface area contributed by atoms with Gasteiger partial charge in [0.15, 0.2) is 5.82 Å². The fraction of sp³-hybridized carbons (Fsp3) is 0.684. The fourth-order valence-electron chi connectivity index (χ4n) is 4.33. The molecule has 0 bridgehead atoms. The molecular formula is C19H27N5O3. The van der Waals surface area contributed by atoms with Crippen LogP contribution in [-0.4, -0.2) is 56.0 Å². The molecule has 0 saturated carbocycles. The Hall–Kier alpha value is -2.22. The number of carbonyl (C=O) groups excluding carboxylic acids is 1. The zero-order valence-corrected chi connectivity index (χ0v) is 16.3. The molecule has 27 heavy (non-hydrogen) atoms. The second-order valence-corrected chi connectivity index (χ2v) is 7.88. The van der Waals surface area contributed by atoms with Crippen LogP contribution in [0.5, 0.6) is 0 Å². The number of piperidine rings is 1. The number of carbonyl (C=O) groups is 1. The molecule has 4 heterocycles. The highest BCUT2D eigenvalue weighted by Gasteiger charge is 2.41. The molecule has 8 nitrogen and oxygen atoms in total. The van der Waals surface area contributed by atoms with Crippen molar-refractivity contribution in [1.29, 1.82) is 0 Å². The number of aromatic nitrogens is 4. The summed E-state index contributed by atoms with van der Waals surface area (Å²) in [6.07, 6.45) is 6.27. The number of likely N-dealkylation sites (tertiary alicyclic amines) is 1. The van der Waals surface area contributed by atoms with E-state index in [0.717, 1.165) is 63.3 Å². The molecule has 1 spiro atoms. The van der Waals surface area contributed by atoms with Gasteiger partial charge in [0.1, 0.15) is 0 Å². The largest absolute Gasteiger partial charge is 0.375 e. The van der Waals surface area contributed by atoms with Gasteiger partial charge in [-0.25, -0.2) is 0 Å². The van der Waals surface area contributed by atoms with Crippen LogP contribution in [-0.2, 0) is 18.2 Å². The number of amides is 1. The summed E-state index contributed by atoms with van der Waals surface area (Å²) in [7, 11) is 1.86.